The van der Waals surface area contributed by atoms with E-state index in [-0.39, 0.29) is 63.9 Å². The summed E-state index contributed by atoms with van der Waals surface area (Å²) in [6.45, 7) is 0.518. The zero-order valence-corrected chi connectivity index (χ0v) is 46.1. The van der Waals surface area contributed by atoms with Crippen molar-refractivity contribution in [2.45, 2.75) is 102 Å². The van der Waals surface area contributed by atoms with Crippen LogP contribution in [0.1, 0.15) is 155 Å². The molecule has 2 N–H and O–H groups in total. The van der Waals surface area contributed by atoms with E-state index in [0.717, 1.165) is 77.9 Å². The van der Waals surface area contributed by atoms with Crippen molar-refractivity contribution in [2.24, 2.45) is 0 Å². The molecule has 18 heteroatoms. The molecule has 0 amide bonds. The molecule has 11 nitrogen and oxygen atoms in total. The van der Waals surface area contributed by atoms with Crippen LogP contribution in [0.2, 0.25) is 30.1 Å². The van der Waals surface area contributed by atoms with Gasteiger partial charge in [-0.05, 0) is 157 Å². The van der Waals surface area contributed by atoms with Crippen LogP contribution in [0, 0.1) is 0 Å². The fourth-order valence-corrected chi connectivity index (χ4v) is 11.6. The molecule has 2 heterocycles. The van der Waals surface area contributed by atoms with Gasteiger partial charge in [0.2, 0.25) is 0 Å². The third kappa shape index (κ3) is 13.3. The van der Waals surface area contributed by atoms with Crippen molar-refractivity contribution < 1.29 is 62.3 Å². The maximum Gasteiger partial charge on any atom is 1.00 e. The summed E-state index contributed by atoms with van der Waals surface area (Å²) in [5.41, 5.74) is 9.53. The minimum Gasteiger partial charge on any atom is -0.870 e. The van der Waals surface area contributed by atoms with Crippen molar-refractivity contribution >= 4 is 81.5 Å². The number of nitrogens with zero attached hydrogens (tertiary/aromatic N) is 2. The molecular formula is C61H55Cl6LiN2O9. The topological polar surface area (TPSA) is 164 Å². The maximum absolute atomic E-state index is 11.7. The number of aromatic carboxylic acids is 1. The van der Waals surface area contributed by atoms with Gasteiger partial charge in [-0.2, -0.15) is 0 Å². The van der Waals surface area contributed by atoms with Gasteiger partial charge in [-0.3, -0.25) is 0 Å². The molecule has 4 unspecified atom stereocenters. The Morgan fingerprint density at radius 2 is 0.924 bits per heavy atom. The number of benzene rings is 6. The monoisotopic (exact) mass is 1180 g/mol. The Labute approximate surface area is 501 Å². The standard InChI is InChI=1S/C30H24Cl3NO4.C29H22Cl3NO4.2CH4.Li.H2O/c1-36-30(35)18-9-5-16(6-10-18)21-14-22(21)20-12-11-19(13-26(20)33)37-15-23-28(34-38-29(23)17-7-8-17)27-24(31)3-2-4-25(27)32;30-23-2-1-3-24(31)26(23)27-22(28(37-33-27)16-6-7-16)14-36-18-10-11-19(25(32)12-18)21-13-20(21)15-4-8-17(9-5-15)29(34)35;;;;/h2-6,9-13,17,21-22H,7-8,14-15H2,1H3;1-5,8-12,16,20-21H,6-7,13-14H2,(H,34,35);2*1H4;;1H2/q;;;;+1;/p-1. The molecule has 2 aromatic heterocycles. The molecule has 12 rings (SSSR count). The van der Waals surface area contributed by atoms with Gasteiger partial charge in [0.05, 0.1) is 49.5 Å². The Morgan fingerprint density at radius 3 is 1.27 bits per heavy atom. The minimum absolute atomic E-state index is 0. The molecule has 0 bridgehead atoms. The molecular weight excluding hydrogens is 1120 g/mol. The average molecular weight is 1180 g/mol. The number of ether oxygens (including phenoxy) is 3. The van der Waals surface area contributed by atoms with E-state index in [1.54, 1.807) is 60.7 Å². The zero-order valence-electron chi connectivity index (χ0n) is 41.6. The van der Waals surface area contributed by atoms with E-state index in [1.165, 1.54) is 12.7 Å². The quantitative estimate of drug-likeness (QED) is 0.0723. The number of methoxy groups -OCH3 is 1. The van der Waals surface area contributed by atoms with Crippen LogP contribution in [-0.4, -0.2) is 39.9 Å². The van der Waals surface area contributed by atoms with Crippen molar-refractivity contribution in [3.63, 3.8) is 0 Å². The number of esters is 1. The fourth-order valence-electron chi connectivity index (χ4n) is 9.88. The number of carbonyl (C=O) groups excluding carboxylic acids is 1. The molecule has 4 fully saturated rings. The van der Waals surface area contributed by atoms with Gasteiger partial charge < -0.3 is 33.8 Å². The van der Waals surface area contributed by atoms with Crippen LogP contribution in [-0.2, 0) is 18.0 Å². The first-order valence-electron chi connectivity index (χ1n) is 24.6. The number of carboxylic acid groups (broad SMARTS) is 1. The first kappa shape index (κ1) is 61.2. The van der Waals surface area contributed by atoms with Crippen molar-refractivity contribution in [3.05, 3.63) is 207 Å². The smallest absolute Gasteiger partial charge is 0.870 e. The summed E-state index contributed by atoms with van der Waals surface area (Å²) in [6, 6.07) is 37.0. The van der Waals surface area contributed by atoms with Gasteiger partial charge in [0.25, 0.3) is 0 Å². The second-order valence-corrected chi connectivity index (χ2v) is 21.8. The van der Waals surface area contributed by atoms with Crippen LogP contribution in [0.5, 0.6) is 11.5 Å². The molecule has 8 aromatic rings. The molecule has 6 aromatic carbocycles. The van der Waals surface area contributed by atoms with Crippen LogP contribution in [0.4, 0.5) is 0 Å². The van der Waals surface area contributed by atoms with Crippen LogP contribution in [0.3, 0.4) is 0 Å². The minimum atomic E-state index is -0.921. The maximum atomic E-state index is 11.7. The molecule has 0 aliphatic heterocycles. The molecule has 4 aliphatic rings. The van der Waals surface area contributed by atoms with Crippen molar-refractivity contribution in [2.75, 3.05) is 7.11 Å². The van der Waals surface area contributed by atoms with Gasteiger partial charge >= 0.3 is 30.8 Å². The second kappa shape index (κ2) is 26.0. The Balaban J connectivity index is 0.000000218. The molecule has 0 spiro atoms. The molecule has 4 aliphatic carbocycles. The summed E-state index contributed by atoms with van der Waals surface area (Å²) < 4.78 is 28.6. The number of carboxylic acids is 1. The third-order valence-corrected chi connectivity index (χ3v) is 16.3. The van der Waals surface area contributed by atoms with Gasteiger partial charge in [0.15, 0.2) is 0 Å². The van der Waals surface area contributed by atoms with Crippen molar-refractivity contribution in [1.29, 1.82) is 0 Å². The van der Waals surface area contributed by atoms with E-state index in [0.29, 0.717) is 105 Å². The molecule has 79 heavy (non-hydrogen) atoms. The number of carbonyl (C=O) groups is 2. The first-order chi connectivity index (χ1) is 36.3. The van der Waals surface area contributed by atoms with E-state index >= 15 is 0 Å². The van der Waals surface area contributed by atoms with E-state index in [2.05, 4.69) is 10.3 Å². The Hall–Kier alpha value is -5.42. The summed E-state index contributed by atoms with van der Waals surface area (Å²) in [6.07, 6.45) is 6.21. The normalized spacial score (nSPS) is 17.5. The van der Waals surface area contributed by atoms with Gasteiger partial charge in [-0.15, -0.1) is 0 Å². The summed E-state index contributed by atoms with van der Waals surface area (Å²) in [7, 11) is 1.38. The first-order valence-corrected chi connectivity index (χ1v) is 26.8. The fraction of sp³-hybridized carbons (Fsp3) is 0.279. The van der Waals surface area contributed by atoms with Gasteiger partial charge in [0.1, 0.15) is 47.6 Å². The molecule has 4 atom stereocenters. The summed E-state index contributed by atoms with van der Waals surface area (Å²) in [5, 5.41) is 21.1. The zero-order chi connectivity index (χ0) is 52.1. The predicted octanol–water partition coefficient (Wildman–Crippen LogP) is 15.6. The SMILES string of the molecule is C.C.COC(=O)c1ccc(C2CC2c2ccc(OCc3c(-c4c(Cl)cccc4Cl)noc3C3CC3)cc2Cl)cc1.O=C(O)c1ccc(C2CC2c2ccc(OCc3c(-c4c(Cl)cccc4Cl)noc3C3CC3)cc2Cl)cc1.[Li+].[OH-]. The van der Waals surface area contributed by atoms with Gasteiger partial charge in [-0.25, -0.2) is 9.59 Å². The van der Waals surface area contributed by atoms with Gasteiger partial charge in [0, 0.05) is 33.0 Å². The summed E-state index contributed by atoms with van der Waals surface area (Å²) in [5.74, 6) is 3.71. The van der Waals surface area contributed by atoms with Gasteiger partial charge in [-0.1, -0.05) is 143 Å². The Kier molecular flexibility index (Phi) is 20.1. The molecule has 406 valence electrons. The molecule has 4 saturated carbocycles. The Morgan fingerprint density at radius 1 is 0.544 bits per heavy atom. The Bertz CT molecular complexity index is 3430. The number of hydrogen-bond acceptors (Lipinski definition) is 10. The number of rotatable bonds is 16. The second-order valence-electron chi connectivity index (χ2n) is 19.4. The van der Waals surface area contributed by atoms with Crippen molar-refractivity contribution in [1.82, 2.24) is 10.3 Å². The van der Waals surface area contributed by atoms with Crippen LogP contribution < -0.4 is 28.3 Å². The predicted molar refractivity (Wildman–Crippen MR) is 306 cm³/mol. The number of aromatic nitrogens is 2. The molecule has 0 saturated heterocycles. The van der Waals surface area contributed by atoms with E-state index in [4.69, 9.17) is 98.0 Å². The van der Waals surface area contributed by atoms with E-state index in [1.807, 2.05) is 60.7 Å². The van der Waals surface area contributed by atoms with Crippen molar-refractivity contribution in [3.8, 4) is 34.0 Å². The van der Waals surface area contributed by atoms with E-state index < -0.39 is 5.97 Å². The third-order valence-electron chi connectivity index (χ3n) is 14.4. The summed E-state index contributed by atoms with van der Waals surface area (Å²) in [4.78, 5) is 22.8. The van der Waals surface area contributed by atoms with Crippen LogP contribution in [0.15, 0.2) is 130 Å². The summed E-state index contributed by atoms with van der Waals surface area (Å²) >= 11 is 39.3. The number of halogens is 6. The van der Waals surface area contributed by atoms with Crippen LogP contribution in [0.25, 0.3) is 22.5 Å². The average Bonchev–Trinajstić information content (AvgIpc) is 4.22. The molecule has 0 radical (unpaired) electrons. The van der Waals surface area contributed by atoms with E-state index in [9.17, 15) is 9.59 Å². The van der Waals surface area contributed by atoms with Crippen LogP contribution >= 0.6 is 69.6 Å². The largest absolute Gasteiger partial charge is 1.00 e. The number of hydrogen-bond donors (Lipinski definition) is 1.